The number of carbonyl (C=O) groups excluding carboxylic acids is 2. The van der Waals surface area contributed by atoms with Crippen LogP contribution in [0.2, 0.25) is 0 Å². The smallest absolute Gasteiger partial charge is 0.261 e. The summed E-state index contributed by atoms with van der Waals surface area (Å²) < 4.78 is 10.8. The summed E-state index contributed by atoms with van der Waals surface area (Å²) in [7, 11) is 1.50. The average molecular weight is 342 g/mol. The Balaban J connectivity index is 1.71. The topological polar surface area (TPSA) is 81.9 Å². The molecule has 1 aliphatic heterocycles. The quantitative estimate of drug-likeness (QED) is 0.866. The number of ether oxygens (including phenoxy) is 2. The molecule has 1 heterocycles. The third-order valence-corrected chi connectivity index (χ3v) is 4.71. The number of benzene rings is 2. The lowest BCUT2D eigenvalue weighted by Crippen LogP contribution is -2.59. The Labute approximate surface area is 146 Å². The maximum Gasteiger partial charge on any atom is 0.261 e. The van der Waals surface area contributed by atoms with Gasteiger partial charge < -0.3 is 20.1 Å². The van der Waals surface area contributed by atoms with E-state index < -0.39 is 11.4 Å². The number of primary amides is 1. The molecular formula is C19H22N2O4. The SMILES string of the molecule is COCC1(C(N)=O)CCCN1C(=O)COc1ccc2ccccc2c1. The molecule has 2 amide bonds. The highest BCUT2D eigenvalue weighted by molar-refractivity contribution is 5.92. The zero-order valence-electron chi connectivity index (χ0n) is 14.2. The van der Waals surface area contributed by atoms with Crippen molar-refractivity contribution in [3.63, 3.8) is 0 Å². The predicted octanol–water partition coefficient (Wildman–Crippen LogP) is 1.71. The second-order valence-corrected chi connectivity index (χ2v) is 6.28. The van der Waals surface area contributed by atoms with Crippen LogP contribution in [-0.4, -0.2) is 49.1 Å². The number of nitrogens with two attached hydrogens (primary N) is 1. The van der Waals surface area contributed by atoms with E-state index in [-0.39, 0.29) is 19.1 Å². The third-order valence-electron chi connectivity index (χ3n) is 4.71. The summed E-state index contributed by atoms with van der Waals surface area (Å²) in [4.78, 5) is 26.1. The molecule has 0 bridgehead atoms. The summed E-state index contributed by atoms with van der Waals surface area (Å²) in [6.07, 6.45) is 1.23. The first-order valence-corrected chi connectivity index (χ1v) is 8.28. The number of nitrogens with zero attached hydrogens (tertiary/aromatic N) is 1. The highest BCUT2D eigenvalue weighted by Gasteiger charge is 2.48. The van der Waals surface area contributed by atoms with Crippen LogP contribution < -0.4 is 10.5 Å². The molecule has 2 aromatic rings. The van der Waals surface area contributed by atoms with Crippen molar-refractivity contribution in [1.29, 1.82) is 0 Å². The molecule has 1 unspecified atom stereocenters. The van der Waals surface area contributed by atoms with Crippen molar-refractivity contribution in [2.45, 2.75) is 18.4 Å². The predicted molar refractivity (Wildman–Crippen MR) is 94.2 cm³/mol. The molecule has 3 rings (SSSR count). The monoisotopic (exact) mass is 342 g/mol. The van der Waals surface area contributed by atoms with Crippen molar-refractivity contribution in [2.24, 2.45) is 5.73 Å². The largest absolute Gasteiger partial charge is 0.484 e. The Bertz CT molecular complexity index is 792. The van der Waals surface area contributed by atoms with E-state index in [9.17, 15) is 9.59 Å². The van der Waals surface area contributed by atoms with Crippen molar-refractivity contribution >= 4 is 22.6 Å². The minimum atomic E-state index is -1.07. The number of amides is 2. The number of fused-ring (bicyclic) bond motifs is 1. The van der Waals surface area contributed by atoms with Crippen LogP contribution in [0.4, 0.5) is 0 Å². The van der Waals surface area contributed by atoms with Gasteiger partial charge in [-0.2, -0.15) is 0 Å². The minimum absolute atomic E-state index is 0.101. The summed E-state index contributed by atoms with van der Waals surface area (Å²) in [6.45, 7) is 0.438. The number of hydrogen-bond donors (Lipinski definition) is 1. The lowest BCUT2D eigenvalue weighted by molar-refractivity contribution is -0.148. The molecule has 132 valence electrons. The van der Waals surface area contributed by atoms with Crippen LogP contribution in [-0.2, 0) is 14.3 Å². The van der Waals surface area contributed by atoms with E-state index >= 15 is 0 Å². The summed E-state index contributed by atoms with van der Waals surface area (Å²) in [6, 6.07) is 13.6. The second-order valence-electron chi connectivity index (χ2n) is 6.28. The Morgan fingerprint density at radius 2 is 1.96 bits per heavy atom. The van der Waals surface area contributed by atoms with Crippen LogP contribution in [0.25, 0.3) is 10.8 Å². The van der Waals surface area contributed by atoms with Crippen LogP contribution in [0.1, 0.15) is 12.8 Å². The number of carbonyl (C=O) groups is 2. The molecule has 6 nitrogen and oxygen atoms in total. The van der Waals surface area contributed by atoms with Crippen LogP contribution in [0.3, 0.4) is 0 Å². The van der Waals surface area contributed by atoms with E-state index in [4.69, 9.17) is 15.2 Å². The Morgan fingerprint density at radius 1 is 1.20 bits per heavy atom. The molecule has 0 saturated carbocycles. The lowest BCUT2D eigenvalue weighted by atomic mass is 9.96. The molecule has 1 aliphatic rings. The highest BCUT2D eigenvalue weighted by Crippen LogP contribution is 2.30. The molecule has 6 heteroatoms. The van der Waals surface area contributed by atoms with Gasteiger partial charge >= 0.3 is 0 Å². The van der Waals surface area contributed by atoms with E-state index in [1.165, 1.54) is 12.0 Å². The van der Waals surface area contributed by atoms with E-state index in [2.05, 4.69) is 0 Å². The van der Waals surface area contributed by atoms with Crippen molar-refractivity contribution in [1.82, 2.24) is 4.90 Å². The van der Waals surface area contributed by atoms with Gasteiger partial charge in [0.2, 0.25) is 5.91 Å². The molecule has 2 aromatic carbocycles. The van der Waals surface area contributed by atoms with Gasteiger partial charge in [0.1, 0.15) is 11.3 Å². The Morgan fingerprint density at radius 3 is 2.68 bits per heavy atom. The van der Waals surface area contributed by atoms with Crippen LogP contribution in [0.5, 0.6) is 5.75 Å². The fraction of sp³-hybridized carbons (Fsp3) is 0.368. The van der Waals surface area contributed by atoms with E-state index in [1.807, 2.05) is 42.5 Å². The maximum absolute atomic E-state index is 12.6. The minimum Gasteiger partial charge on any atom is -0.484 e. The first-order chi connectivity index (χ1) is 12.1. The van der Waals surface area contributed by atoms with E-state index in [1.54, 1.807) is 0 Å². The Kier molecular flexibility index (Phi) is 4.90. The second kappa shape index (κ2) is 7.11. The van der Waals surface area contributed by atoms with E-state index in [0.29, 0.717) is 25.1 Å². The van der Waals surface area contributed by atoms with Gasteiger partial charge in [0, 0.05) is 13.7 Å². The normalized spacial score (nSPS) is 20.0. The molecule has 1 atom stereocenters. The number of likely N-dealkylation sites (tertiary alicyclic amines) is 1. The molecule has 0 aliphatic carbocycles. The molecule has 0 radical (unpaired) electrons. The fourth-order valence-electron chi connectivity index (χ4n) is 3.44. The van der Waals surface area contributed by atoms with Gasteiger partial charge in [0.25, 0.3) is 5.91 Å². The van der Waals surface area contributed by atoms with Crippen molar-refractivity contribution in [3.8, 4) is 5.75 Å². The van der Waals surface area contributed by atoms with Crippen molar-refractivity contribution in [2.75, 3.05) is 26.9 Å². The third kappa shape index (κ3) is 3.30. The molecule has 1 saturated heterocycles. The summed E-state index contributed by atoms with van der Waals surface area (Å²) >= 11 is 0. The zero-order valence-corrected chi connectivity index (χ0v) is 14.2. The van der Waals surface area contributed by atoms with Crippen molar-refractivity contribution < 1.29 is 19.1 Å². The first kappa shape index (κ1) is 17.2. The molecular weight excluding hydrogens is 320 g/mol. The van der Waals surface area contributed by atoms with Gasteiger partial charge in [-0.25, -0.2) is 0 Å². The molecule has 0 spiro atoms. The molecule has 25 heavy (non-hydrogen) atoms. The highest BCUT2D eigenvalue weighted by atomic mass is 16.5. The zero-order chi connectivity index (χ0) is 17.9. The fourth-order valence-corrected chi connectivity index (χ4v) is 3.44. The standard InChI is InChI=1S/C19H22N2O4/c1-24-13-19(18(20)23)9-4-10-21(19)17(22)12-25-16-8-7-14-5-2-3-6-15(14)11-16/h2-3,5-8,11H,4,9-10,12-13H2,1H3,(H2,20,23). The van der Waals surface area contributed by atoms with E-state index in [0.717, 1.165) is 10.8 Å². The van der Waals surface area contributed by atoms with Gasteiger partial charge in [-0.15, -0.1) is 0 Å². The molecule has 2 N–H and O–H groups in total. The van der Waals surface area contributed by atoms with Gasteiger partial charge in [0.15, 0.2) is 6.61 Å². The van der Waals surface area contributed by atoms with Gasteiger partial charge in [-0.1, -0.05) is 30.3 Å². The lowest BCUT2D eigenvalue weighted by Gasteiger charge is -2.35. The van der Waals surface area contributed by atoms with Crippen LogP contribution in [0, 0.1) is 0 Å². The van der Waals surface area contributed by atoms with Gasteiger partial charge in [-0.05, 0) is 35.7 Å². The van der Waals surface area contributed by atoms with Gasteiger partial charge in [0.05, 0.1) is 6.61 Å². The van der Waals surface area contributed by atoms with Crippen LogP contribution >= 0.6 is 0 Å². The maximum atomic E-state index is 12.6. The van der Waals surface area contributed by atoms with Gasteiger partial charge in [-0.3, -0.25) is 9.59 Å². The molecule has 0 aromatic heterocycles. The summed E-state index contributed by atoms with van der Waals surface area (Å²) in [5.41, 5.74) is 4.49. The number of rotatable bonds is 6. The summed E-state index contributed by atoms with van der Waals surface area (Å²) in [5.74, 6) is -0.185. The first-order valence-electron chi connectivity index (χ1n) is 8.28. The Hall–Kier alpha value is -2.60. The number of methoxy groups -OCH3 is 1. The summed E-state index contributed by atoms with van der Waals surface area (Å²) in [5, 5.41) is 2.15. The average Bonchev–Trinajstić information content (AvgIpc) is 3.05. The molecule has 1 fully saturated rings. The van der Waals surface area contributed by atoms with Crippen LogP contribution in [0.15, 0.2) is 42.5 Å². The van der Waals surface area contributed by atoms with Crippen molar-refractivity contribution in [3.05, 3.63) is 42.5 Å². The number of hydrogen-bond acceptors (Lipinski definition) is 4.